The van der Waals surface area contributed by atoms with Crippen molar-refractivity contribution in [3.63, 3.8) is 0 Å². The van der Waals surface area contributed by atoms with Crippen molar-refractivity contribution in [2.45, 2.75) is 6.92 Å². The number of thioether (sulfide) groups is 1. The zero-order chi connectivity index (χ0) is 11.4. The van der Waals surface area contributed by atoms with Crippen molar-refractivity contribution in [3.05, 3.63) is 28.3 Å². The Kier molecular flexibility index (Phi) is 4.48. The number of methoxy groups -OCH3 is 1. The SMILES string of the molecule is COc1c(C)cc(Cl)cc1C(=O)CSC. The largest absolute Gasteiger partial charge is 0.496 e. The van der Waals surface area contributed by atoms with Gasteiger partial charge in [-0.3, -0.25) is 4.79 Å². The van der Waals surface area contributed by atoms with Gasteiger partial charge in [0.05, 0.1) is 18.4 Å². The lowest BCUT2D eigenvalue weighted by Gasteiger charge is -2.10. The van der Waals surface area contributed by atoms with Gasteiger partial charge >= 0.3 is 0 Å². The molecule has 1 aromatic rings. The lowest BCUT2D eigenvalue weighted by atomic mass is 10.1. The third kappa shape index (κ3) is 2.89. The first-order valence-corrected chi connectivity index (χ1v) is 6.23. The Morgan fingerprint density at radius 1 is 1.53 bits per heavy atom. The summed E-state index contributed by atoms with van der Waals surface area (Å²) in [5.74, 6) is 1.11. The normalized spacial score (nSPS) is 10.1. The highest BCUT2D eigenvalue weighted by molar-refractivity contribution is 7.99. The number of rotatable bonds is 4. The summed E-state index contributed by atoms with van der Waals surface area (Å²) >= 11 is 7.40. The Morgan fingerprint density at radius 2 is 2.20 bits per heavy atom. The van der Waals surface area contributed by atoms with Crippen LogP contribution in [-0.2, 0) is 0 Å². The Balaban J connectivity index is 3.20. The molecule has 1 aromatic carbocycles. The van der Waals surface area contributed by atoms with Crippen molar-refractivity contribution >= 4 is 29.1 Å². The number of ether oxygens (including phenoxy) is 1. The summed E-state index contributed by atoms with van der Waals surface area (Å²) in [5.41, 5.74) is 1.45. The van der Waals surface area contributed by atoms with E-state index in [1.807, 2.05) is 13.2 Å². The zero-order valence-electron chi connectivity index (χ0n) is 8.96. The van der Waals surface area contributed by atoms with Crippen LogP contribution >= 0.6 is 23.4 Å². The molecule has 0 saturated carbocycles. The van der Waals surface area contributed by atoms with E-state index >= 15 is 0 Å². The molecule has 0 N–H and O–H groups in total. The van der Waals surface area contributed by atoms with Crippen LogP contribution in [0.1, 0.15) is 15.9 Å². The molecule has 0 radical (unpaired) electrons. The van der Waals surface area contributed by atoms with Crippen molar-refractivity contribution in [3.8, 4) is 5.75 Å². The van der Waals surface area contributed by atoms with E-state index in [9.17, 15) is 4.79 Å². The van der Waals surface area contributed by atoms with Gasteiger partial charge < -0.3 is 4.74 Å². The molecule has 15 heavy (non-hydrogen) atoms. The van der Waals surface area contributed by atoms with Gasteiger partial charge in [-0.25, -0.2) is 0 Å². The first kappa shape index (κ1) is 12.4. The maximum absolute atomic E-state index is 11.8. The number of ketones is 1. The van der Waals surface area contributed by atoms with Crippen LogP contribution in [0, 0.1) is 6.92 Å². The highest BCUT2D eigenvalue weighted by Crippen LogP contribution is 2.28. The molecule has 0 heterocycles. The smallest absolute Gasteiger partial charge is 0.176 e. The number of aryl methyl sites for hydroxylation is 1. The van der Waals surface area contributed by atoms with E-state index in [-0.39, 0.29) is 5.78 Å². The van der Waals surface area contributed by atoms with E-state index in [1.165, 1.54) is 11.8 Å². The Hall–Kier alpha value is -0.670. The molecule has 0 aromatic heterocycles. The molecular weight excluding hydrogens is 232 g/mol. The molecule has 0 bridgehead atoms. The molecule has 0 fully saturated rings. The Bertz CT molecular complexity index is 377. The second-order valence-electron chi connectivity index (χ2n) is 3.16. The predicted octanol–water partition coefficient (Wildman–Crippen LogP) is 3.20. The third-order valence-corrected chi connectivity index (χ3v) is 2.79. The van der Waals surface area contributed by atoms with Crippen LogP contribution < -0.4 is 4.74 Å². The van der Waals surface area contributed by atoms with Crippen LogP contribution in [0.4, 0.5) is 0 Å². The molecule has 0 aliphatic heterocycles. The number of Topliss-reactive ketones (excluding diaryl/α,β-unsaturated/α-hetero) is 1. The summed E-state index contributed by atoms with van der Waals surface area (Å²) in [4.78, 5) is 11.8. The maximum atomic E-state index is 11.8. The molecule has 1 rings (SSSR count). The zero-order valence-corrected chi connectivity index (χ0v) is 10.5. The molecule has 0 unspecified atom stereocenters. The lowest BCUT2D eigenvalue weighted by Crippen LogP contribution is -2.06. The lowest BCUT2D eigenvalue weighted by molar-refractivity contribution is 0.101. The average molecular weight is 245 g/mol. The first-order valence-electron chi connectivity index (χ1n) is 4.46. The van der Waals surface area contributed by atoms with E-state index in [1.54, 1.807) is 19.2 Å². The van der Waals surface area contributed by atoms with Crippen LogP contribution in [-0.4, -0.2) is 24.9 Å². The Labute approximate surface area is 99.0 Å². The van der Waals surface area contributed by atoms with Gasteiger partial charge in [-0.15, -0.1) is 0 Å². The number of hydrogen-bond donors (Lipinski definition) is 0. The van der Waals surface area contributed by atoms with Gasteiger partial charge in [0.1, 0.15) is 5.75 Å². The van der Waals surface area contributed by atoms with Crippen molar-refractivity contribution in [1.82, 2.24) is 0 Å². The predicted molar refractivity (Wildman–Crippen MR) is 65.5 cm³/mol. The minimum Gasteiger partial charge on any atom is -0.496 e. The Morgan fingerprint density at radius 3 is 2.73 bits per heavy atom. The van der Waals surface area contributed by atoms with Gasteiger partial charge in [-0.2, -0.15) is 11.8 Å². The van der Waals surface area contributed by atoms with Gasteiger partial charge in [0, 0.05) is 5.02 Å². The molecule has 4 heteroatoms. The minimum absolute atomic E-state index is 0.0463. The monoisotopic (exact) mass is 244 g/mol. The molecule has 0 spiro atoms. The molecule has 82 valence electrons. The second kappa shape index (κ2) is 5.42. The molecule has 0 saturated heterocycles. The second-order valence-corrected chi connectivity index (χ2v) is 4.46. The number of halogens is 1. The van der Waals surface area contributed by atoms with E-state index in [0.29, 0.717) is 22.1 Å². The topological polar surface area (TPSA) is 26.3 Å². The van der Waals surface area contributed by atoms with Crippen molar-refractivity contribution in [2.24, 2.45) is 0 Å². The number of carbonyl (C=O) groups excluding carboxylic acids is 1. The van der Waals surface area contributed by atoms with E-state index < -0.39 is 0 Å². The summed E-state index contributed by atoms with van der Waals surface area (Å²) in [6, 6.07) is 3.45. The highest BCUT2D eigenvalue weighted by atomic mass is 35.5. The van der Waals surface area contributed by atoms with Gasteiger partial charge in [-0.1, -0.05) is 11.6 Å². The maximum Gasteiger partial charge on any atom is 0.176 e. The fourth-order valence-electron chi connectivity index (χ4n) is 1.42. The number of carbonyl (C=O) groups is 1. The van der Waals surface area contributed by atoms with E-state index in [4.69, 9.17) is 16.3 Å². The fourth-order valence-corrected chi connectivity index (χ4v) is 2.11. The number of hydrogen-bond acceptors (Lipinski definition) is 3. The fraction of sp³-hybridized carbons (Fsp3) is 0.364. The van der Waals surface area contributed by atoms with E-state index in [0.717, 1.165) is 5.56 Å². The van der Waals surface area contributed by atoms with E-state index in [2.05, 4.69) is 0 Å². The van der Waals surface area contributed by atoms with Crippen molar-refractivity contribution < 1.29 is 9.53 Å². The van der Waals surface area contributed by atoms with Gasteiger partial charge in [-0.05, 0) is 30.9 Å². The third-order valence-electron chi connectivity index (χ3n) is 2.02. The summed E-state index contributed by atoms with van der Waals surface area (Å²) in [6.07, 6.45) is 1.89. The summed E-state index contributed by atoms with van der Waals surface area (Å²) < 4.78 is 5.21. The molecule has 0 amide bonds. The van der Waals surface area contributed by atoms with Gasteiger partial charge in [0.15, 0.2) is 5.78 Å². The first-order chi connectivity index (χ1) is 7.10. The minimum atomic E-state index is 0.0463. The molecule has 0 aliphatic rings. The molecule has 2 nitrogen and oxygen atoms in total. The summed E-state index contributed by atoms with van der Waals surface area (Å²) in [6.45, 7) is 1.88. The van der Waals surface area contributed by atoms with Gasteiger partial charge in [0.2, 0.25) is 0 Å². The van der Waals surface area contributed by atoms with Crippen molar-refractivity contribution in [2.75, 3.05) is 19.1 Å². The summed E-state index contributed by atoms with van der Waals surface area (Å²) in [5, 5.41) is 0.567. The van der Waals surface area contributed by atoms with Crippen LogP contribution in [0.25, 0.3) is 0 Å². The highest BCUT2D eigenvalue weighted by Gasteiger charge is 2.14. The molecular formula is C11H13ClO2S. The molecule has 0 atom stereocenters. The van der Waals surface area contributed by atoms with Crippen LogP contribution in [0.3, 0.4) is 0 Å². The number of benzene rings is 1. The summed E-state index contributed by atoms with van der Waals surface area (Å²) in [7, 11) is 1.56. The van der Waals surface area contributed by atoms with Crippen molar-refractivity contribution in [1.29, 1.82) is 0 Å². The average Bonchev–Trinajstić information content (AvgIpc) is 2.17. The van der Waals surface area contributed by atoms with Gasteiger partial charge in [0.25, 0.3) is 0 Å². The van der Waals surface area contributed by atoms with Crippen LogP contribution in [0.15, 0.2) is 12.1 Å². The van der Waals surface area contributed by atoms with Crippen LogP contribution in [0.5, 0.6) is 5.75 Å². The molecule has 0 aliphatic carbocycles. The standard InChI is InChI=1S/C11H13ClO2S/c1-7-4-8(12)5-9(11(7)14-2)10(13)6-15-3/h4-5H,6H2,1-3H3. The quantitative estimate of drug-likeness (QED) is 0.761. The van der Waals surface area contributed by atoms with Crippen LogP contribution in [0.2, 0.25) is 5.02 Å².